The summed E-state index contributed by atoms with van der Waals surface area (Å²) in [5.74, 6) is -2.82. The van der Waals surface area contributed by atoms with Crippen LogP contribution in [0.3, 0.4) is 0 Å². The number of esters is 4. The number of rotatable bonds is 7. The summed E-state index contributed by atoms with van der Waals surface area (Å²) in [5, 5.41) is 10.9. The molecule has 0 spiro atoms. The summed E-state index contributed by atoms with van der Waals surface area (Å²) >= 11 is 12.1. The van der Waals surface area contributed by atoms with Crippen LogP contribution in [0.15, 0.2) is 24.3 Å². The van der Waals surface area contributed by atoms with Crippen molar-refractivity contribution in [1.82, 2.24) is 4.57 Å². The van der Waals surface area contributed by atoms with Gasteiger partial charge in [0.2, 0.25) is 0 Å². The third-order valence-electron chi connectivity index (χ3n) is 7.18. The normalized spacial score (nSPS) is 22.8. The third-order valence-corrected chi connectivity index (χ3v) is 7.83. The van der Waals surface area contributed by atoms with Gasteiger partial charge >= 0.3 is 23.9 Å². The lowest BCUT2D eigenvalue weighted by atomic mass is 9.86. The Morgan fingerprint density at radius 1 is 0.930 bits per heavy atom. The molecule has 2 heterocycles. The molecule has 1 fully saturated rings. The summed E-state index contributed by atoms with van der Waals surface area (Å²) in [6, 6.07) is 9.35. The summed E-state index contributed by atoms with van der Waals surface area (Å²) in [6.07, 6.45) is -3.59. The van der Waals surface area contributed by atoms with Gasteiger partial charge in [0.05, 0.1) is 5.56 Å². The molecule has 0 unspecified atom stereocenters. The molecule has 43 heavy (non-hydrogen) atoms. The number of fused-ring (bicyclic) bond motifs is 1. The van der Waals surface area contributed by atoms with Crippen molar-refractivity contribution in [1.29, 1.82) is 5.26 Å². The first-order valence-corrected chi connectivity index (χ1v) is 14.5. The molecule has 13 heteroatoms. The van der Waals surface area contributed by atoms with Crippen molar-refractivity contribution < 1.29 is 42.9 Å². The van der Waals surface area contributed by atoms with Gasteiger partial charge in [-0.15, -0.1) is 0 Å². The van der Waals surface area contributed by atoms with Gasteiger partial charge in [-0.1, -0.05) is 36.0 Å². The number of hydrogen-bond donors (Lipinski definition) is 0. The van der Waals surface area contributed by atoms with Crippen LogP contribution >= 0.6 is 23.8 Å². The lowest BCUT2D eigenvalue weighted by Crippen LogP contribution is -2.61. The smallest absolute Gasteiger partial charge is 0.303 e. The Labute approximate surface area is 258 Å². The molecule has 0 bridgehead atoms. The number of carbonyl (C=O) groups excluding carboxylic acids is 4. The summed E-state index contributed by atoms with van der Waals surface area (Å²) in [4.78, 5) is 48.6. The molecule has 1 saturated heterocycles. The SMILES string of the molecule is CC(=O)OC[C@H]1O[C@@H](n2c3c(c(-c4ccc(Cl)cc4)c(C#N)c2=S)CCCC3)[C@H](OC(C)=O)[C@@H](OC(C)=O)[C@@H]1OC(C)=O. The summed E-state index contributed by atoms with van der Waals surface area (Å²) < 4.78 is 30.2. The van der Waals surface area contributed by atoms with E-state index >= 15 is 0 Å². The highest BCUT2D eigenvalue weighted by atomic mass is 35.5. The van der Waals surface area contributed by atoms with Gasteiger partial charge in [0.15, 0.2) is 24.5 Å². The minimum Gasteiger partial charge on any atom is -0.463 e. The molecule has 11 nitrogen and oxygen atoms in total. The first kappa shape index (κ1) is 32.1. The maximum absolute atomic E-state index is 12.4. The zero-order valence-corrected chi connectivity index (χ0v) is 25.7. The predicted octanol–water partition coefficient (Wildman–Crippen LogP) is 4.54. The second kappa shape index (κ2) is 13.7. The van der Waals surface area contributed by atoms with Crippen LogP contribution < -0.4 is 0 Å². The van der Waals surface area contributed by atoms with E-state index in [1.54, 1.807) is 16.7 Å². The van der Waals surface area contributed by atoms with E-state index in [-0.39, 0.29) is 16.8 Å². The van der Waals surface area contributed by atoms with Crippen LogP contribution in [0, 0.1) is 16.0 Å². The minimum atomic E-state index is -1.37. The van der Waals surface area contributed by atoms with E-state index in [1.165, 1.54) is 13.8 Å². The first-order valence-electron chi connectivity index (χ1n) is 13.7. The highest BCUT2D eigenvalue weighted by molar-refractivity contribution is 7.71. The molecule has 5 atom stereocenters. The number of pyridine rings is 1. The van der Waals surface area contributed by atoms with Crippen LogP contribution in [0.4, 0.5) is 0 Å². The number of nitriles is 1. The Kier molecular flexibility index (Phi) is 10.2. The molecule has 2 aliphatic rings. The molecule has 0 amide bonds. The molecule has 4 rings (SSSR count). The van der Waals surface area contributed by atoms with E-state index in [9.17, 15) is 24.4 Å². The van der Waals surface area contributed by atoms with Crippen LogP contribution in [0.1, 0.15) is 63.6 Å². The molecule has 1 aromatic heterocycles. The Morgan fingerprint density at radius 3 is 2.09 bits per heavy atom. The second-order valence-electron chi connectivity index (χ2n) is 10.3. The molecule has 0 saturated carbocycles. The lowest BCUT2D eigenvalue weighted by molar-refractivity contribution is -0.269. The van der Waals surface area contributed by atoms with Crippen molar-refractivity contribution in [2.45, 2.75) is 84.0 Å². The van der Waals surface area contributed by atoms with Gasteiger partial charge in [0, 0.05) is 44.0 Å². The fourth-order valence-corrected chi connectivity index (χ4v) is 6.13. The number of ether oxygens (including phenoxy) is 5. The van der Waals surface area contributed by atoms with E-state index in [2.05, 4.69) is 6.07 Å². The maximum Gasteiger partial charge on any atom is 0.303 e. The van der Waals surface area contributed by atoms with Crippen LogP contribution in [0.5, 0.6) is 0 Å². The largest absolute Gasteiger partial charge is 0.463 e. The molecule has 2 aromatic rings. The number of aromatic nitrogens is 1. The van der Waals surface area contributed by atoms with E-state index in [4.69, 9.17) is 47.5 Å². The molecule has 228 valence electrons. The molecule has 1 aromatic carbocycles. The second-order valence-corrected chi connectivity index (χ2v) is 11.1. The number of nitrogens with zero attached hydrogens (tertiary/aromatic N) is 2. The summed E-state index contributed by atoms with van der Waals surface area (Å²) in [5.41, 5.74) is 3.26. The van der Waals surface area contributed by atoms with Gasteiger partial charge < -0.3 is 28.3 Å². The van der Waals surface area contributed by atoms with E-state index in [1.807, 2.05) is 12.1 Å². The Balaban J connectivity index is 1.99. The van der Waals surface area contributed by atoms with Gasteiger partial charge in [-0.25, -0.2) is 0 Å². The standard InChI is InChI=1S/C30H31ClN2O9S/c1-15(34)38-14-24-26(39-16(2)35)27(40-17(3)36)28(41-18(4)37)29(42-24)33-23-8-6-5-7-21(23)25(22(13-32)30(33)43)19-9-11-20(31)12-10-19/h9-12,24,26-29H,5-8,14H2,1-4H3/t24-,26-,27+,28-,29-/m1/s1. The van der Waals surface area contributed by atoms with Gasteiger partial charge in [-0.3, -0.25) is 19.2 Å². The van der Waals surface area contributed by atoms with Crippen LogP contribution in [-0.2, 0) is 55.7 Å². The number of benzene rings is 1. The Hall–Kier alpha value is -3.79. The molecule has 0 radical (unpaired) electrons. The average molecular weight is 631 g/mol. The fraction of sp³-hybridized carbons (Fsp3) is 0.467. The van der Waals surface area contributed by atoms with Crippen LogP contribution in [0.25, 0.3) is 11.1 Å². The predicted molar refractivity (Wildman–Crippen MR) is 154 cm³/mol. The van der Waals surface area contributed by atoms with Crippen molar-refractivity contribution in [3.63, 3.8) is 0 Å². The third kappa shape index (κ3) is 7.06. The van der Waals surface area contributed by atoms with Gasteiger partial charge in [-0.05, 0) is 48.9 Å². The molecule has 0 N–H and O–H groups in total. The summed E-state index contributed by atoms with van der Waals surface area (Å²) in [6.45, 7) is 4.31. The molecule has 1 aliphatic heterocycles. The van der Waals surface area contributed by atoms with Gasteiger partial charge in [0.25, 0.3) is 0 Å². The van der Waals surface area contributed by atoms with E-state index in [0.29, 0.717) is 23.4 Å². The molecule has 1 aliphatic carbocycles. The highest BCUT2D eigenvalue weighted by Crippen LogP contribution is 2.41. The van der Waals surface area contributed by atoms with Crippen molar-refractivity contribution in [2.24, 2.45) is 0 Å². The number of carbonyl (C=O) groups is 4. The van der Waals surface area contributed by atoms with Crippen molar-refractivity contribution >= 4 is 47.7 Å². The van der Waals surface area contributed by atoms with Crippen molar-refractivity contribution in [3.8, 4) is 17.2 Å². The fourth-order valence-electron chi connectivity index (χ4n) is 5.65. The van der Waals surface area contributed by atoms with E-state index in [0.717, 1.165) is 43.5 Å². The molecular formula is C30H31ClN2O9S. The molecular weight excluding hydrogens is 600 g/mol. The van der Waals surface area contributed by atoms with Gasteiger partial charge in [0.1, 0.15) is 23.4 Å². The number of halogens is 1. The summed E-state index contributed by atoms with van der Waals surface area (Å²) in [7, 11) is 0. The number of hydrogen-bond acceptors (Lipinski definition) is 11. The monoisotopic (exact) mass is 630 g/mol. The van der Waals surface area contributed by atoms with E-state index < -0.39 is 54.5 Å². The Bertz CT molecular complexity index is 1530. The minimum absolute atomic E-state index is 0.106. The van der Waals surface area contributed by atoms with Crippen molar-refractivity contribution in [3.05, 3.63) is 50.7 Å². The zero-order valence-electron chi connectivity index (χ0n) is 24.1. The topological polar surface area (TPSA) is 143 Å². The quantitative estimate of drug-likeness (QED) is 0.241. The highest BCUT2D eigenvalue weighted by Gasteiger charge is 2.53. The van der Waals surface area contributed by atoms with Crippen LogP contribution in [-0.4, -0.2) is 59.5 Å². The van der Waals surface area contributed by atoms with Gasteiger partial charge in [-0.2, -0.15) is 5.26 Å². The zero-order chi connectivity index (χ0) is 31.4. The Morgan fingerprint density at radius 2 is 1.51 bits per heavy atom. The maximum atomic E-state index is 12.4. The lowest BCUT2D eigenvalue weighted by Gasteiger charge is -2.46. The van der Waals surface area contributed by atoms with Crippen LogP contribution in [0.2, 0.25) is 5.02 Å². The first-order chi connectivity index (χ1) is 20.4. The average Bonchev–Trinajstić information content (AvgIpc) is 2.94. The van der Waals surface area contributed by atoms with Crippen molar-refractivity contribution in [2.75, 3.05) is 6.61 Å².